The number of fused-ring (bicyclic) bond motifs is 1. The minimum absolute atomic E-state index is 0.128. The van der Waals surface area contributed by atoms with Crippen LogP contribution in [0.3, 0.4) is 0 Å². The van der Waals surface area contributed by atoms with Gasteiger partial charge in [0, 0.05) is 23.2 Å². The zero-order valence-electron chi connectivity index (χ0n) is 11.6. The van der Waals surface area contributed by atoms with Crippen molar-refractivity contribution in [1.82, 2.24) is 4.98 Å². The molecule has 6 heteroatoms. The Bertz CT molecular complexity index is 694. The van der Waals surface area contributed by atoms with Gasteiger partial charge in [0.25, 0.3) is 0 Å². The first-order valence-corrected chi connectivity index (χ1v) is 6.66. The minimum atomic E-state index is -1.27. The third kappa shape index (κ3) is 3.48. The van der Waals surface area contributed by atoms with E-state index in [1.165, 1.54) is 12.3 Å². The van der Waals surface area contributed by atoms with E-state index in [-0.39, 0.29) is 18.5 Å². The van der Waals surface area contributed by atoms with Crippen molar-refractivity contribution < 1.29 is 19.7 Å². The molecule has 0 radical (unpaired) electrons. The molecule has 0 amide bonds. The number of aliphatic hydroxyl groups is 2. The number of aliphatic hydroxyl groups excluding tert-OH is 2. The molecule has 2 aromatic rings. The maximum atomic E-state index is 11.6. The second kappa shape index (κ2) is 6.51. The summed E-state index contributed by atoms with van der Waals surface area (Å²) in [5.41, 5.74) is 0.848. The molecule has 2 rings (SSSR count). The van der Waals surface area contributed by atoms with E-state index in [1.54, 1.807) is 25.1 Å². The SMILES string of the molecule is CCOC(=O)CC(O)C(O)c1ccc2c(=O)cc[nH]c2c1. The third-order valence-corrected chi connectivity index (χ3v) is 3.17. The van der Waals surface area contributed by atoms with Crippen LogP contribution in [0.15, 0.2) is 35.3 Å². The largest absolute Gasteiger partial charge is 0.466 e. The molecule has 1 aromatic heterocycles. The summed E-state index contributed by atoms with van der Waals surface area (Å²) >= 11 is 0. The highest BCUT2D eigenvalue weighted by Gasteiger charge is 2.22. The van der Waals surface area contributed by atoms with Crippen LogP contribution in [0.25, 0.3) is 10.9 Å². The maximum absolute atomic E-state index is 11.6. The van der Waals surface area contributed by atoms with Gasteiger partial charge in [-0.2, -0.15) is 0 Å². The number of pyridine rings is 1. The van der Waals surface area contributed by atoms with Gasteiger partial charge >= 0.3 is 5.97 Å². The van der Waals surface area contributed by atoms with E-state index >= 15 is 0 Å². The number of aromatic nitrogens is 1. The minimum Gasteiger partial charge on any atom is -0.466 e. The van der Waals surface area contributed by atoms with E-state index in [9.17, 15) is 19.8 Å². The lowest BCUT2D eigenvalue weighted by Crippen LogP contribution is -2.23. The van der Waals surface area contributed by atoms with E-state index < -0.39 is 18.2 Å². The number of ether oxygens (including phenoxy) is 1. The average molecular weight is 291 g/mol. The monoisotopic (exact) mass is 291 g/mol. The summed E-state index contributed by atoms with van der Waals surface area (Å²) in [5, 5.41) is 20.5. The lowest BCUT2D eigenvalue weighted by Gasteiger charge is -2.17. The average Bonchev–Trinajstić information content (AvgIpc) is 2.46. The Morgan fingerprint density at radius 1 is 1.33 bits per heavy atom. The molecule has 0 aliphatic rings. The number of aromatic amines is 1. The van der Waals surface area contributed by atoms with E-state index in [0.29, 0.717) is 16.5 Å². The van der Waals surface area contributed by atoms with Gasteiger partial charge in [-0.05, 0) is 24.6 Å². The van der Waals surface area contributed by atoms with Crippen molar-refractivity contribution >= 4 is 16.9 Å². The fourth-order valence-corrected chi connectivity index (χ4v) is 2.10. The number of nitrogens with one attached hydrogen (secondary N) is 1. The standard InChI is InChI=1S/C15H17NO5/c1-2-21-14(19)8-13(18)15(20)9-3-4-10-11(7-9)16-6-5-12(10)17/h3-7,13,15,18,20H,2,8H2,1H3,(H,16,17). The first-order valence-electron chi connectivity index (χ1n) is 6.66. The number of carbonyl (C=O) groups is 1. The normalized spacial score (nSPS) is 13.9. The molecule has 0 saturated carbocycles. The van der Waals surface area contributed by atoms with E-state index in [4.69, 9.17) is 4.74 Å². The Labute approximate surface area is 121 Å². The van der Waals surface area contributed by atoms with E-state index in [2.05, 4.69) is 4.98 Å². The number of rotatable bonds is 5. The number of benzene rings is 1. The molecule has 1 aromatic carbocycles. The summed E-state index contributed by atoms with van der Waals surface area (Å²) < 4.78 is 4.73. The van der Waals surface area contributed by atoms with Crippen molar-refractivity contribution in [3.8, 4) is 0 Å². The van der Waals surface area contributed by atoms with Gasteiger partial charge < -0.3 is 19.9 Å². The van der Waals surface area contributed by atoms with Crippen LogP contribution in [0, 0.1) is 0 Å². The summed E-state index contributed by atoms with van der Waals surface area (Å²) in [6.45, 7) is 1.89. The van der Waals surface area contributed by atoms with Crippen LogP contribution in [0.1, 0.15) is 25.0 Å². The van der Waals surface area contributed by atoms with Crippen LogP contribution < -0.4 is 5.43 Å². The van der Waals surface area contributed by atoms with Gasteiger partial charge in [0.15, 0.2) is 5.43 Å². The van der Waals surface area contributed by atoms with Crippen molar-refractivity contribution in [3.63, 3.8) is 0 Å². The Kier molecular flexibility index (Phi) is 4.72. The van der Waals surface area contributed by atoms with Crippen LogP contribution in [0.2, 0.25) is 0 Å². The first kappa shape index (κ1) is 15.2. The van der Waals surface area contributed by atoms with Gasteiger partial charge in [-0.3, -0.25) is 9.59 Å². The van der Waals surface area contributed by atoms with E-state index in [0.717, 1.165) is 0 Å². The molecule has 1 heterocycles. The van der Waals surface area contributed by atoms with Crippen molar-refractivity contribution in [3.05, 3.63) is 46.2 Å². The third-order valence-electron chi connectivity index (χ3n) is 3.17. The first-order chi connectivity index (χ1) is 10.0. The van der Waals surface area contributed by atoms with Crippen molar-refractivity contribution in [2.75, 3.05) is 6.61 Å². The summed E-state index contributed by atoms with van der Waals surface area (Å²) in [5.74, 6) is -0.571. The Morgan fingerprint density at radius 3 is 2.81 bits per heavy atom. The molecule has 21 heavy (non-hydrogen) atoms. The molecule has 2 unspecified atom stereocenters. The number of carbonyl (C=O) groups excluding carboxylic acids is 1. The van der Waals surface area contributed by atoms with Gasteiger partial charge in [-0.25, -0.2) is 0 Å². The molecule has 0 aliphatic heterocycles. The fraction of sp³-hybridized carbons (Fsp3) is 0.333. The summed E-state index contributed by atoms with van der Waals surface area (Å²) in [7, 11) is 0. The van der Waals surface area contributed by atoms with Crippen molar-refractivity contribution in [2.45, 2.75) is 25.6 Å². The second-order valence-corrected chi connectivity index (χ2v) is 4.67. The Balaban J connectivity index is 2.21. The van der Waals surface area contributed by atoms with E-state index in [1.807, 2.05) is 0 Å². The van der Waals surface area contributed by atoms with Crippen LogP contribution >= 0.6 is 0 Å². The molecular formula is C15H17NO5. The highest BCUT2D eigenvalue weighted by molar-refractivity contribution is 5.78. The molecule has 0 bridgehead atoms. The van der Waals surface area contributed by atoms with Gasteiger partial charge in [-0.15, -0.1) is 0 Å². The number of hydrogen-bond acceptors (Lipinski definition) is 5. The molecule has 112 valence electrons. The Morgan fingerprint density at radius 2 is 2.10 bits per heavy atom. The highest BCUT2D eigenvalue weighted by Crippen LogP contribution is 2.21. The van der Waals surface area contributed by atoms with Gasteiger partial charge in [0.2, 0.25) is 0 Å². The zero-order chi connectivity index (χ0) is 15.4. The van der Waals surface area contributed by atoms with Crippen LogP contribution in [-0.4, -0.2) is 33.9 Å². The number of esters is 1. The molecular weight excluding hydrogens is 274 g/mol. The number of H-pyrrole nitrogens is 1. The van der Waals surface area contributed by atoms with Crippen LogP contribution in [0.5, 0.6) is 0 Å². The zero-order valence-corrected chi connectivity index (χ0v) is 11.6. The van der Waals surface area contributed by atoms with Gasteiger partial charge in [0.1, 0.15) is 6.10 Å². The van der Waals surface area contributed by atoms with Crippen molar-refractivity contribution in [2.24, 2.45) is 0 Å². The maximum Gasteiger partial charge on any atom is 0.308 e. The second-order valence-electron chi connectivity index (χ2n) is 4.67. The molecule has 0 aliphatic carbocycles. The summed E-state index contributed by atoms with van der Waals surface area (Å²) in [6.07, 6.45) is -1.28. The predicted octanol–water partition coefficient (Wildman–Crippen LogP) is 0.876. The quantitative estimate of drug-likeness (QED) is 0.710. The fourth-order valence-electron chi connectivity index (χ4n) is 2.10. The lowest BCUT2D eigenvalue weighted by molar-refractivity contribution is -0.147. The van der Waals surface area contributed by atoms with Gasteiger partial charge in [0.05, 0.1) is 19.1 Å². The van der Waals surface area contributed by atoms with Gasteiger partial charge in [-0.1, -0.05) is 6.07 Å². The smallest absolute Gasteiger partial charge is 0.308 e. The Hall–Kier alpha value is -2.18. The molecule has 0 fully saturated rings. The molecule has 3 N–H and O–H groups in total. The molecule has 0 saturated heterocycles. The molecule has 0 spiro atoms. The molecule has 6 nitrogen and oxygen atoms in total. The molecule has 2 atom stereocenters. The predicted molar refractivity (Wildman–Crippen MR) is 76.8 cm³/mol. The highest BCUT2D eigenvalue weighted by atomic mass is 16.5. The summed E-state index contributed by atoms with van der Waals surface area (Å²) in [6, 6.07) is 6.12. The summed E-state index contributed by atoms with van der Waals surface area (Å²) in [4.78, 5) is 25.8. The number of hydrogen-bond donors (Lipinski definition) is 3. The van der Waals surface area contributed by atoms with Crippen molar-refractivity contribution in [1.29, 1.82) is 0 Å². The lowest BCUT2D eigenvalue weighted by atomic mass is 10.0. The topological polar surface area (TPSA) is 99.6 Å². The van der Waals surface area contributed by atoms with Crippen LogP contribution in [0.4, 0.5) is 0 Å². The van der Waals surface area contributed by atoms with Crippen LogP contribution in [-0.2, 0) is 9.53 Å².